The number of nitrogens with zero attached hydrogens (tertiary/aromatic N) is 2. The number of halogens is 2. The molecule has 3 nitrogen and oxygen atoms in total. The van der Waals surface area contributed by atoms with Gasteiger partial charge in [0.1, 0.15) is 0 Å². The van der Waals surface area contributed by atoms with Crippen LogP contribution in [0.4, 0.5) is 8.78 Å². The third-order valence-corrected chi connectivity index (χ3v) is 4.43. The lowest BCUT2D eigenvalue weighted by atomic mass is 9.99. The highest BCUT2D eigenvalue weighted by atomic mass is 19.3. The molecule has 0 aromatic rings. The fourth-order valence-electron chi connectivity index (χ4n) is 3.22. The Labute approximate surface area is 120 Å². The Morgan fingerprint density at radius 1 is 1.10 bits per heavy atom. The molecule has 1 aliphatic heterocycles. The summed E-state index contributed by atoms with van der Waals surface area (Å²) in [5.41, 5.74) is 6.03. The Kier molecular flexibility index (Phi) is 5.61. The molecule has 5 heteroatoms. The quantitative estimate of drug-likeness (QED) is 0.480. The van der Waals surface area contributed by atoms with Gasteiger partial charge < -0.3 is 10.6 Å². The van der Waals surface area contributed by atoms with Gasteiger partial charge in [0.15, 0.2) is 5.96 Å². The Bertz CT molecular complexity index is 323. The van der Waals surface area contributed by atoms with E-state index in [9.17, 15) is 8.78 Å². The zero-order valence-electron chi connectivity index (χ0n) is 12.3. The van der Waals surface area contributed by atoms with Gasteiger partial charge in [0.2, 0.25) is 5.92 Å². The van der Waals surface area contributed by atoms with Crippen molar-refractivity contribution >= 4 is 5.96 Å². The topological polar surface area (TPSA) is 41.6 Å². The second-order valence-corrected chi connectivity index (χ2v) is 6.27. The van der Waals surface area contributed by atoms with Crippen molar-refractivity contribution in [2.24, 2.45) is 16.6 Å². The molecule has 20 heavy (non-hydrogen) atoms. The van der Waals surface area contributed by atoms with Crippen LogP contribution in [-0.4, -0.2) is 36.4 Å². The maximum Gasteiger partial charge on any atom is 0.248 e. The Hall–Kier alpha value is -0.870. The molecule has 116 valence electrons. The van der Waals surface area contributed by atoms with E-state index >= 15 is 0 Å². The second-order valence-electron chi connectivity index (χ2n) is 6.27. The first kappa shape index (κ1) is 15.5. The van der Waals surface area contributed by atoms with Crippen LogP contribution in [0.3, 0.4) is 0 Å². The molecular weight excluding hydrogens is 260 g/mol. The van der Waals surface area contributed by atoms with E-state index in [1.807, 2.05) is 0 Å². The normalized spacial score (nSPS) is 28.8. The van der Waals surface area contributed by atoms with E-state index in [4.69, 9.17) is 5.73 Å². The van der Waals surface area contributed by atoms with Crippen LogP contribution in [0.25, 0.3) is 0 Å². The molecule has 0 amide bonds. The molecule has 1 atom stereocenters. The first-order valence-corrected chi connectivity index (χ1v) is 7.99. The van der Waals surface area contributed by atoms with Gasteiger partial charge >= 0.3 is 0 Å². The maximum atomic E-state index is 13.6. The molecule has 1 aliphatic carbocycles. The van der Waals surface area contributed by atoms with Gasteiger partial charge in [-0.1, -0.05) is 19.3 Å². The van der Waals surface area contributed by atoms with Gasteiger partial charge in [0.05, 0.1) is 0 Å². The molecule has 1 saturated carbocycles. The van der Waals surface area contributed by atoms with Crippen molar-refractivity contribution in [1.82, 2.24) is 4.90 Å². The highest BCUT2D eigenvalue weighted by molar-refractivity contribution is 5.78. The summed E-state index contributed by atoms with van der Waals surface area (Å²) < 4.78 is 27.1. The van der Waals surface area contributed by atoms with Gasteiger partial charge in [-0.05, 0) is 31.6 Å². The smallest absolute Gasteiger partial charge is 0.248 e. The summed E-state index contributed by atoms with van der Waals surface area (Å²) in [6.07, 6.45) is 7.19. The number of alkyl halides is 2. The van der Waals surface area contributed by atoms with Gasteiger partial charge in [-0.3, -0.25) is 4.99 Å². The SMILES string of the molecule is NC(=NCC1CCCCC(F)(F)C1)N1CCCCCC1. The van der Waals surface area contributed by atoms with Crippen molar-refractivity contribution < 1.29 is 8.78 Å². The summed E-state index contributed by atoms with van der Waals surface area (Å²) in [6.45, 7) is 2.37. The molecule has 0 aromatic heterocycles. The van der Waals surface area contributed by atoms with Gasteiger partial charge in [-0.15, -0.1) is 0 Å². The summed E-state index contributed by atoms with van der Waals surface area (Å²) in [5.74, 6) is -1.97. The largest absolute Gasteiger partial charge is 0.370 e. The lowest BCUT2D eigenvalue weighted by molar-refractivity contribution is -0.0241. The van der Waals surface area contributed by atoms with Crippen molar-refractivity contribution in [2.45, 2.75) is 63.7 Å². The average Bonchev–Trinajstić information content (AvgIpc) is 2.76. The molecule has 1 saturated heterocycles. The third-order valence-electron chi connectivity index (χ3n) is 4.43. The van der Waals surface area contributed by atoms with Gasteiger partial charge in [-0.2, -0.15) is 0 Å². The maximum absolute atomic E-state index is 13.6. The number of nitrogens with two attached hydrogens (primary N) is 1. The third kappa shape index (κ3) is 4.91. The molecule has 0 spiro atoms. The van der Waals surface area contributed by atoms with Crippen LogP contribution in [-0.2, 0) is 0 Å². The van der Waals surface area contributed by atoms with E-state index in [1.165, 1.54) is 12.8 Å². The van der Waals surface area contributed by atoms with Crippen LogP contribution in [0, 0.1) is 5.92 Å². The predicted octanol–water partition coefficient (Wildman–Crippen LogP) is 3.39. The van der Waals surface area contributed by atoms with E-state index < -0.39 is 5.92 Å². The van der Waals surface area contributed by atoms with Crippen molar-refractivity contribution in [1.29, 1.82) is 0 Å². The minimum atomic E-state index is -2.51. The lowest BCUT2D eigenvalue weighted by Crippen LogP contribution is -2.38. The first-order valence-electron chi connectivity index (χ1n) is 7.99. The lowest BCUT2D eigenvalue weighted by Gasteiger charge is -2.22. The monoisotopic (exact) mass is 287 g/mol. The number of rotatable bonds is 2. The number of guanidine groups is 1. The average molecular weight is 287 g/mol. The highest BCUT2D eigenvalue weighted by Crippen LogP contribution is 2.35. The molecule has 0 radical (unpaired) electrons. The van der Waals surface area contributed by atoms with Crippen LogP contribution in [0.1, 0.15) is 57.8 Å². The Morgan fingerprint density at radius 2 is 1.80 bits per heavy atom. The second kappa shape index (κ2) is 7.23. The molecular formula is C15H27F2N3. The molecule has 0 bridgehead atoms. The summed E-state index contributed by atoms with van der Waals surface area (Å²) >= 11 is 0. The van der Waals surface area contributed by atoms with Gasteiger partial charge in [-0.25, -0.2) is 8.78 Å². The first-order chi connectivity index (χ1) is 9.57. The minimum Gasteiger partial charge on any atom is -0.370 e. The van der Waals surface area contributed by atoms with Crippen molar-refractivity contribution in [2.75, 3.05) is 19.6 Å². The Balaban J connectivity index is 1.86. The van der Waals surface area contributed by atoms with E-state index in [1.54, 1.807) is 0 Å². The predicted molar refractivity (Wildman–Crippen MR) is 78.1 cm³/mol. The van der Waals surface area contributed by atoms with Crippen LogP contribution >= 0.6 is 0 Å². The van der Waals surface area contributed by atoms with Gasteiger partial charge in [0.25, 0.3) is 0 Å². The van der Waals surface area contributed by atoms with Crippen LogP contribution in [0.5, 0.6) is 0 Å². The fraction of sp³-hybridized carbons (Fsp3) is 0.933. The van der Waals surface area contributed by atoms with Crippen molar-refractivity contribution in [3.8, 4) is 0 Å². The summed E-state index contributed by atoms with van der Waals surface area (Å²) in [4.78, 5) is 6.52. The minimum absolute atomic E-state index is 0.0157. The molecule has 2 N–H and O–H groups in total. The van der Waals surface area contributed by atoms with Crippen LogP contribution in [0.2, 0.25) is 0 Å². The summed E-state index contributed by atoms with van der Waals surface area (Å²) in [5, 5.41) is 0. The van der Waals surface area contributed by atoms with E-state index in [0.717, 1.165) is 38.8 Å². The number of hydrogen-bond acceptors (Lipinski definition) is 1. The number of aliphatic imine (C=N–C) groups is 1. The van der Waals surface area contributed by atoms with Crippen molar-refractivity contribution in [3.05, 3.63) is 0 Å². The molecule has 2 rings (SSSR count). The fourth-order valence-corrected chi connectivity index (χ4v) is 3.22. The molecule has 2 aliphatic rings. The zero-order valence-corrected chi connectivity index (χ0v) is 12.3. The molecule has 1 heterocycles. The standard InChI is InChI=1S/C15H27F2N3/c16-15(17)8-4-3-7-13(11-15)12-19-14(18)20-9-5-1-2-6-10-20/h13H,1-12H2,(H2,18,19). The van der Waals surface area contributed by atoms with Crippen LogP contribution in [0.15, 0.2) is 4.99 Å². The number of hydrogen-bond donors (Lipinski definition) is 1. The van der Waals surface area contributed by atoms with Crippen molar-refractivity contribution in [3.63, 3.8) is 0 Å². The summed E-state index contributed by atoms with van der Waals surface area (Å²) in [6, 6.07) is 0. The van der Waals surface area contributed by atoms with Crippen LogP contribution < -0.4 is 5.73 Å². The summed E-state index contributed by atoms with van der Waals surface area (Å²) in [7, 11) is 0. The Morgan fingerprint density at radius 3 is 2.50 bits per heavy atom. The zero-order chi connectivity index (χ0) is 14.4. The number of likely N-dealkylation sites (tertiary alicyclic amines) is 1. The molecule has 1 unspecified atom stereocenters. The molecule has 2 fully saturated rings. The van der Waals surface area contributed by atoms with E-state index in [0.29, 0.717) is 18.9 Å². The van der Waals surface area contributed by atoms with E-state index in [2.05, 4.69) is 9.89 Å². The van der Waals surface area contributed by atoms with Gasteiger partial charge in [0, 0.05) is 32.5 Å². The highest BCUT2D eigenvalue weighted by Gasteiger charge is 2.34. The van der Waals surface area contributed by atoms with E-state index in [-0.39, 0.29) is 18.8 Å². The molecule has 0 aromatic carbocycles.